The monoisotopic (exact) mass is 400 g/mol. The smallest absolute Gasteiger partial charge is 0.410 e. The number of hydrogen-bond donors (Lipinski definition) is 0. The van der Waals surface area contributed by atoms with E-state index in [9.17, 15) is 4.79 Å². The fraction of sp³-hybridized carbons (Fsp3) is 0.476. The predicted molar refractivity (Wildman–Crippen MR) is 108 cm³/mol. The summed E-state index contributed by atoms with van der Waals surface area (Å²) >= 11 is 6.30. The van der Waals surface area contributed by atoms with Crippen LogP contribution in [0.5, 0.6) is 0 Å². The number of aromatic nitrogens is 2. The molecule has 1 saturated heterocycles. The van der Waals surface area contributed by atoms with E-state index in [0.29, 0.717) is 29.6 Å². The van der Waals surface area contributed by atoms with E-state index in [1.165, 1.54) is 0 Å². The van der Waals surface area contributed by atoms with Crippen molar-refractivity contribution < 1.29 is 9.53 Å². The lowest BCUT2D eigenvalue weighted by molar-refractivity contribution is 0.0177. The minimum Gasteiger partial charge on any atom is -0.444 e. The lowest BCUT2D eigenvalue weighted by Crippen LogP contribution is -2.42. The molecule has 3 rings (SSSR count). The van der Waals surface area contributed by atoms with Crippen LogP contribution in [0.15, 0.2) is 30.6 Å². The van der Waals surface area contributed by atoms with Gasteiger partial charge < -0.3 is 9.64 Å². The Morgan fingerprint density at radius 2 is 2.07 bits per heavy atom. The number of likely N-dealkylation sites (tertiary alicyclic amines) is 1. The van der Waals surface area contributed by atoms with E-state index in [0.717, 1.165) is 30.5 Å². The Labute approximate surface area is 170 Å². The molecule has 1 aliphatic rings. The highest BCUT2D eigenvalue weighted by Crippen LogP contribution is 2.29. The van der Waals surface area contributed by atoms with Crippen LogP contribution in [-0.4, -0.2) is 39.5 Å². The molecular formula is C21H25ClN4O2. The second kappa shape index (κ2) is 8.24. The van der Waals surface area contributed by atoms with Crippen LogP contribution in [0.25, 0.3) is 11.1 Å². The largest absolute Gasteiger partial charge is 0.444 e. The van der Waals surface area contributed by atoms with Crippen molar-refractivity contribution in [1.82, 2.24) is 14.7 Å². The first-order valence-electron chi connectivity index (χ1n) is 9.45. The van der Waals surface area contributed by atoms with Crippen molar-refractivity contribution in [2.75, 3.05) is 13.1 Å². The summed E-state index contributed by atoms with van der Waals surface area (Å²) < 4.78 is 7.38. The molecule has 1 fully saturated rings. The molecule has 0 radical (unpaired) electrons. The van der Waals surface area contributed by atoms with Gasteiger partial charge in [0.25, 0.3) is 0 Å². The SMILES string of the molecule is CC(C)(C)OC(=O)N1CCC(Cn2cc(-c3ccc(C#N)cc3Cl)cn2)CC1. The fourth-order valence-electron chi connectivity index (χ4n) is 3.31. The second-order valence-corrected chi connectivity index (χ2v) is 8.58. The van der Waals surface area contributed by atoms with Crippen molar-refractivity contribution in [3.8, 4) is 17.2 Å². The van der Waals surface area contributed by atoms with Gasteiger partial charge in [0.1, 0.15) is 5.60 Å². The van der Waals surface area contributed by atoms with Gasteiger partial charge in [0.15, 0.2) is 0 Å². The van der Waals surface area contributed by atoms with Crippen LogP contribution in [0.2, 0.25) is 5.02 Å². The third kappa shape index (κ3) is 5.05. The summed E-state index contributed by atoms with van der Waals surface area (Å²) in [5.74, 6) is 0.461. The van der Waals surface area contributed by atoms with Gasteiger partial charge in [-0.1, -0.05) is 17.7 Å². The summed E-state index contributed by atoms with van der Waals surface area (Å²) in [6, 6.07) is 7.36. The minimum atomic E-state index is -0.466. The summed E-state index contributed by atoms with van der Waals surface area (Å²) in [5.41, 5.74) is 1.87. The molecule has 1 aromatic heterocycles. The van der Waals surface area contributed by atoms with Gasteiger partial charge in [0.05, 0.1) is 17.8 Å². The van der Waals surface area contributed by atoms with Gasteiger partial charge in [0.2, 0.25) is 0 Å². The van der Waals surface area contributed by atoms with Gasteiger partial charge >= 0.3 is 6.09 Å². The molecule has 1 aromatic carbocycles. The van der Waals surface area contributed by atoms with Crippen LogP contribution < -0.4 is 0 Å². The maximum atomic E-state index is 12.2. The van der Waals surface area contributed by atoms with Crippen molar-refractivity contribution in [3.05, 3.63) is 41.2 Å². The van der Waals surface area contributed by atoms with Gasteiger partial charge in [-0.25, -0.2) is 4.79 Å². The Balaban J connectivity index is 1.57. The zero-order valence-corrected chi connectivity index (χ0v) is 17.2. The van der Waals surface area contributed by atoms with Crippen LogP contribution in [0, 0.1) is 17.2 Å². The highest BCUT2D eigenvalue weighted by Gasteiger charge is 2.27. The molecular weight excluding hydrogens is 376 g/mol. The first kappa shape index (κ1) is 20.2. The van der Waals surface area contributed by atoms with E-state index in [-0.39, 0.29) is 6.09 Å². The molecule has 0 saturated carbocycles. The van der Waals surface area contributed by atoms with Gasteiger partial charge in [0, 0.05) is 42.0 Å². The van der Waals surface area contributed by atoms with E-state index in [2.05, 4.69) is 11.2 Å². The number of amides is 1. The van der Waals surface area contributed by atoms with Gasteiger partial charge in [-0.05, 0) is 51.7 Å². The maximum absolute atomic E-state index is 12.2. The van der Waals surface area contributed by atoms with Crippen LogP contribution in [0.1, 0.15) is 39.2 Å². The first-order chi connectivity index (χ1) is 13.2. The molecule has 1 aliphatic heterocycles. The molecule has 0 bridgehead atoms. The molecule has 0 aliphatic carbocycles. The van der Waals surface area contributed by atoms with E-state index in [1.807, 2.05) is 37.7 Å². The number of benzene rings is 1. The van der Waals surface area contributed by atoms with Crippen molar-refractivity contribution in [1.29, 1.82) is 5.26 Å². The molecule has 1 amide bonds. The number of halogens is 1. The van der Waals surface area contributed by atoms with E-state index in [4.69, 9.17) is 21.6 Å². The van der Waals surface area contributed by atoms with Crippen LogP contribution in [0.3, 0.4) is 0 Å². The number of hydrogen-bond acceptors (Lipinski definition) is 4. The molecule has 2 aromatic rings. The third-order valence-corrected chi connectivity index (χ3v) is 5.07. The van der Waals surface area contributed by atoms with Crippen molar-refractivity contribution in [3.63, 3.8) is 0 Å². The number of nitrogens with zero attached hydrogens (tertiary/aromatic N) is 4. The number of carbonyl (C=O) groups is 1. The minimum absolute atomic E-state index is 0.234. The predicted octanol–water partition coefficient (Wildman–Crippen LogP) is 4.72. The van der Waals surface area contributed by atoms with E-state index >= 15 is 0 Å². The Kier molecular flexibility index (Phi) is 5.95. The van der Waals surface area contributed by atoms with Gasteiger partial charge in [-0.15, -0.1) is 0 Å². The number of rotatable bonds is 3. The van der Waals surface area contributed by atoms with E-state index in [1.54, 1.807) is 23.2 Å². The Morgan fingerprint density at radius 3 is 2.68 bits per heavy atom. The average molecular weight is 401 g/mol. The van der Waals surface area contributed by atoms with Crippen LogP contribution in [0.4, 0.5) is 4.79 Å². The van der Waals surface area contributed by atoms with E-state index < -0.39 is 5.60 Å². The normalized spacial score (nSPS) is 15.3. The standard InChI is InChI=1S/C21H25ClN4O2/c1-21(2,3)28-20(27)25-8-6-15(7-9-25)13-26-14-17(12-24-26)18-5-4-16(11-23)10-19(18)22/h4-5,10,12,14-15H,6-9,13H2,1-3H3. The molecule has 0 spiro atoms. The Bertz CT molecular complexity index is 887. The molecule has 6 nitrogen and oxygen atoms in total. The third-order valence-electron chi connectivity index (χ3n) is 4.75. The molecule has 148 valence electrons. The van der Waals surface area contributed by atoms with Crippen LogP contribution in [-0.2, 0) is 11.3 Å². The molecule has 0 unspecified atom stereocenters. The second-order valence-electron chi connectivity index (χ2n) is 8.17. The Morgan fingerprint density at radius 1 is 1.36 bits per heavy atom. The summed E-state index contributed by atoms with van der Waals surface area (Å²) in [6.07, 6.45) is 5.39. The number of piperidine rings is 1. The van der Waals surface area contributed by atoms with Crippen LogP contribution >= 0.6 is 11.6 Å². The lowest BCUT2D eigenvalue weighted by atomic mass is 9.97. The molecule has 0 atom stereocenters. The van der Waals surface area contributed by atoms with Gasteiger partial charge in [-0.3, -0.25) is 4.68 Å². The van der Waals surface area contributed by atoms with Gasteiger partial charge in [-0.2, -0.15) is 10.4 Å². The summed E-state index contributed by atoms with van der Waals surface area (Å²) in [7, 11) is 0. The zero-order chi connectivity index (χ0) is 20.3. The van der Waals surface area contributed by atoms with Crippen molar-refractivity contribution >= 4 is 17.7 Å². The zero-order valence-electron chi connectivity index (χ0n) is 16.5. The fourth-order valence-corrected chi connectivity index (χ4v) is 3.60. The summed E-state index contributed by atoms with van der Waals surface area (Å²) in [6.45, 7) is 7.85. The summed E-state index contributed by atoms with van der Waals surface area (Å²) in [4.78, 5) is 14.0. The first-order valence-corrected chi connectivity index (χ1v) is 9.83. The molecule has 7 heteroatoms. The maximum Gasteiger partial charge on any atom is 0.410 e. The molecule has 2 heterocycles. The molecule has 28 heavy (non-hydrogen) atoms. The number of carbonyl (C=O) groups excluding carboxylic acids is 1. The molecule has 0 N–H and O–H groups in total. The summed E-state index contributed by atoms with van der Waals surface area (Å²) in [5, 5.41) is 14.0. The average Bonchev–Trinajstić information content (AvgIpc) is 3.08. The lowest BCUT2D eigenvalue weighted by Gasteiger charge is -2.33. The highest BCUT2D eigenvalue weighted by atomic mass is 35.5. The van der Waals surface area contributed by atoms with Crippen molar-refractivity contribution in [2.24, 2.45) is 5.92 Å². The van der Waals surface area contributed by atoms with Crippen molar-refractivity contribution in [2.45, 2.75) is 45.8 Å². The quantitative estimate of drug-likeness (QED) is 0.747. The topological polar surface area (TPSA) is 71.2 Å². The highest BCUT2D eigenvalue weighted by molar-refractivity contribution is 6.33. The number of nitriles is 1. The Hall–Kier alpha value is -2.52. The number of ether oxygens (including phenoxy) is 1.